The highest BCUT2D eigenvalue weighted by molar-refractivity contribution is 7.98. The molecule has 0 spiro atoms. The topological polar surface area (TPSA) is 61.0 Å². The monoisotopic (exact) mass is 337 g/mol. The molecule has 0 radical (unpaired) electrons. The fourth-order valence-electron chi connectivity index (χ4n) is 1.62. The van der Waals surface area contributed by atoms with Gasteiger partial charge in [0, 0.05) is 11.1 Å². The Morgan fingerprint density at radius 2 is 2.09 bits per heavy atom. The van der Waals surface area contributed by atoms with Gasteiger partial charge in [-0.05, 0) is 31.2 Å². The Labute approximate surface area is 134 Å². The fraction of sp³-hybridized carbons (Fsp3) is 0.214. The van der Waals surface area contributed by atoms with Crippen LogP contribution in [0.2, 0.25) is 0 Å². The molecule has 22 heavy (non-hydrogen) atoms. The van der Waals surface area contributed by atoms with Gasteiger partial charge in [0.25, 0.3) is 11.1 Å². The average molecular weight is 337 g/mol. The summed E-state index contributed by atoms with van der Waals surface area (Å²) < 4.78 is 23.7. The number of ether oxygens (including phenoxy) is 1. The highest BCUT2D eigenvalue weighted by Gasteiger charge is 2.09. The van der Waals surface area contributed by atoms with Crippen molar-refractivity contribution >= 4 is 23.1 Å². The zero-order chi connectivity index (χ0) is 15.4. The van der Waals surface area contributed by atoms with Crippen LogP contribution in [0.15, 0.2) is 39.3 Å². The Kier molecular flexibility index (Phi) is 4.69. The van der Waals surface area contributed by atoms with Crippen LogP contribution in [0.5, 0.6) is 5.75 Å². The predicted molar refractivity (Wildman–Crippen MR) is 81.4 cm³/mol. The van der Waals surface area contributed by atoms with Gasteiger partial charge in [0.15, 0.2) is 6.61 Å². The molecule has 0 saturated heterocycles. The minimum absolute atomic E-state index is 0.148. The quantitative estimate of drug-likeness (QED) is 0.637. The van der Waals surface area contributed by atoms with Crippen LogP contribution in [-0.4, -0.2) is 15.2 Å². The SMILES string of the molecule is Cc1csc(CSc2nnc(COc3ccc(F)cc3)o2)n1. The summed E-state index contributed by atoms with van der Waals surface area (Å²) in [5.74, 6) is 1.31. The van der Waals surface area contributed by atoms with Crippen molar-refractivity contribution in [3.8, 4) is 5.75 Å². The lowest BCUT2D eigenvalue weighted by Crippen LogP contribution is -1.95. The molecule has 2 aromatic heterocycles. The summed E-state index contributed by atoms with van der Waals surface area (Å²) in [6.45, 7) is 2.11. The molecule has 0 N–H and O–H groups in total. The average Bonchev–Trinajstić information content (AvgIpc) is 3.13. The maximum absolute atomic E-state index is 12.8. The Balaban J connectivity index is 1.51. The Hall–Kier alpha value is -1.93. The number of hydrogen-bond donors (Lipinski definition) is 0. The van der Waals surface area contributed by atoms with Crippen LogP contribution in [0.1, 0.15) is 16.6 Å². The third-order valence-electron chi connectivity index (χ3n) is 2.61. The van der Waals surface area contributed by atoms with Crippen molar-refractivity contribution in [2.45, 2.75) is 24.5 Å². The van der Waals surface area contributed by atoms with E-state index in [-0.39, 0.29) is 12.4 Å². The highest BCUT2D eigenvalue weighted by atomic mass is 32.2. The third kappa shape index (κ3) is 4.05. The van der Waals surface area contributed by atoms with Gasteiger partial charge in [-0.3, -0.25) is 0 Å². The van der Waals surface area contributed by atoms with Gasteiger partial charge in [-0.2, -0.15) is 0 Å². The molecule has 114 valence electrons. The molecule has 0 atom stereocenters. The van der Waals surface area contributed by atoms with E-state index in [0.717, 1.165) is 10.7 Å². The van der Waals surface area contributed by atoms with Gasteiger partial charge in [-0.1, -0.05) is 11.8 Å². The number of rotatable bonds is 6. The minimum Gasteiger partial charge on any atom is -0.484 e. The van der Waals surface area contributed by atoms with E-state index in [1.807, 2.05) is 12.3 Å². The van der Waals surface area contributed by atoms with E-state index in [4.69, 9.17) is 9.15 Å². The zero-order valence-corrected chi connectivity index (χ0v) is 13.3. The van der Waals surface area contributed by atoms with Crippen LogP contribution in [0.3, 0.4) is 0 Å². The normalized spacial score (nSPS) is 10.8. The Bertz CT molecular complexity index is 743. The van der Waals surface area contributed by atoms with Gasteiger partial charge in [-0.25, -0.2) is 9.37 Å². The summed E-state index contributed by atoms with van der Waals surface area (Å²) in [6, 6.07) is 5.76. The van der Waals surface area contributed by atoms with Crippen molar-refractivity contribution in [1.82, 2.24) is 15.2 Å². The molecular formula is C14H12FN3O2S2. The number of benzene rings is 1. The molecule has 0 bridgehead atoms. The maximum Gasteiger partial charge on any atom is 0.277 e. The number of thioether (sulfide) groups is 1. The van der Waals surface area contributed by atoms with E-state index < -0.39 is 0 Å². The molecule has 0 unspecified atom stereocenters. The van der Waals surface area contributed by atoms with Crippen LogP contribution in [0.4, 0.5) is 4.39 Å². The highest BCUT2D eigenvalue weighted by Crippen LogP contribution is 2.23. The molecule has 0 saturated carbocycles. The van der Waals surface area contributed by atoms with Gasteiger partial charge in [-0.15, -0.1) is 21.5 Å². The lowest BCUT2D eigenvalue weighted by molar-refractivity contribution is 0.252. The molecule has 8 heteroatoms. The summed E-state index contributed by atoms with van der Waals surface area (Å²) in [6.07, 6.45) is 0. The Morgan fingerprint density at radius 1 is 1.27 bits per heavy atom. The van der Waals surface area contributed by atoms with E-state index in [1.54, 1.807) is 23.5 Å². The van der Waals surface area contributed by atoms with Gasteiger partial charge in [0.05, 0.1) is 5.75 Å². The molecule has 0 aliphatic carbocycles. The lowest BCUT2D eigenvalue weighted by Gasteiger charge is -2.02. The van der Waals surface area contributed by atoms with Gasteiger partial charge >= 0.3 is 0 Å². The summed E-state index contributed by atoms with van der Waals surface area (Å²) in [5.41, 5.74) is 1.01. The lowest BCUT2D eigenvalue weighted by atomic mass is 10.3. The number of aromatic nitrogens is 3. The molecule has 2 heterocycles. The number of halogens is 1. The van der Waals surface area contributed by atoms with E-state index in [9.17, 15) is 4.39 Å². The summed E-state index contributed by atoms with van der Waals surface area (Å²) >= 11 is 3.04. The first-order chi connectivity index (χ1) is 10.7. The van der Waals surface area contributed by atoms with Crippen molar-refractivity contribution < 1.29 is 13.5 Å². The second kappa shape index (κ2) is 6.89. The smallest absolute Gasteiger partial charge is 0.277 e. The van der Waals surface area contributed by atoms with Crippen LogP contribution < -0.4 is 4.74 Å². The van der Waals surface area contributed by atoms with Gasteiger partial charge < -0.3 is 9.15 Å². The maximum atomic E-state index is 12.8. The first-order valence-electron chi connectivity index (χ1n) is 6.43. The molecule has 1 aromatic carbocycles. The van der Waals surface area contributed by atoms with E-state index in [0.29, 0.717) is 22.6 Å². The molecular weight excluding hydrogens is 325 g/mol. The largest absolute Gasteiger partial charge is 0.484 e. The second-order valence-corrected chi connectivity index (χ2v) is 6.24. The van der Waals surface area contributed by atoms with Crippen molar-refractivity contribution in [3.05, 3.63) is 52.1 Å². The fourth-order valence-corrected chi connectivity index (χ4v) is 3.19. The number of thiazole rings is 1. The molecule has 3 rings (SSSR count). The zero-order valence-electron chi connectivity index (χ0n) is 11.7. The summed E-state index contributed by atoms with van der Waals surface area (Å²) in [5, 5.41) is 11.4. The number of hydrogen-bond acceptors (Lipinski definition) is 7. The van der Waals surface area contributed by atoms with Crippen molar-refractivity contribution in [3.63, 3.8) is 0 Å². The predicted octanol–water partition coefficient (Wildman–Crippen LogP) is 3.84. The van der Waals surface area contributed by atoms with Crippen LogP contribution in [0.25, 0.3) is 0 Å². The van der Waals surface area contributed by atoms with Gasteiger partial charge in [0.2, 0.25) is 0 Å². The first-order valence-corrected chi connectivity index (χ1v) is 8.30. The molecule has 0 aliphatic heterocycles. The van der Waals surface area contributed by atoms with E-state index in [1.165, 1.54) is 23.9 Å². The number of nitrogens with zero attached hydrogens (tertiary/aromatic N) is 3. The molecule has 3 aromatic rings. The van der Waals surface area contributed by atoms with Crippen LogP contribution >= 0.6 is 23.1 Å². The van der Waals surface area contributed by atoms with Crippen molar-refractivity contribution in [2.24, 2.45) is 0 Å². The molecule has 0 amide bonds. The number of aryl methyl sites for hydroxylation is 1. The van der Waals surface area contributed by atoms with E-state index >= 15 is 0 Å². The standard InChI is InChI=1S/C14H12FN3O2S2/c1-9-7-21-13(16-9)8-22-14-18-17-12(20-14)6-19-11-4-2-10(15)3-5-11/h2-5,7H,6,8H2,1H3. The molecule has 5 nitrogen and oxygen atoms in total. The summed E-state index contributed by atoms with van der Waals surface area (Å²) in [7, 11) is 0. The Morgan fingerprint density at radius 3 is 2.82 bits per heavy atom. The van der Waals surface area contributed by atoms with Crippen LogP contribution in [0, 0.1) is 12.7 Å². The molecule has 0 aliphatic rings. The van der Waals surface area contributed by atoms with Gasteiger partial charge in [0.1, 0.15) is 16.6 Å². The first kappa shape index (κ1) is 15.0. The summed E-state index contributed by atoms with van der Waals surface area (Å²) in [4.78, 5) is 4.37. The third-order valence-corrected chi connectivity index (χ3v) is 4.59. The van der Waals surface area contributed by atoms with Crippen LogP contribution in [-0.2, 0) is 12.4 Å². The van der Waals surface area contributed by atoms with Crippen molar-refractivity contribution in [2.75, 3.05) is 0 Å². The minimum atomic E-state index is -0.304. The van der Waals surface area contributed by atoms with Crippen molar-refractivity contribution in [1.29, 1.82) is 0 Å². The second-order valence-electron chi connectivity index (χ2n) is 4.38. The van der Waals surface area contributed by atoms with E-state index in [2.05, 4.69) is 15.2 Å². The molecule has 0 fully saturated rings.